The monoisotopic (exact) mass is 382 g/mol. The van der Waals surface area contributed by atoms with Crippen LogP contribution in [0.2, 0.25) is 10.0 Å². The molecule has 0 radical (unpaired) electrons. The van der Waals surface area contributed by atoms with Gasteiger partial charge in [-0.25, -0.2) is 4.98 Å². The van der Waals surface area contributed by atoms with Crippen molar-refractivity contribution in [2.75, 3.05) is 24.7 Å². The molecule has 134 valence electrons. The van der Waals surface area contributed by atoms with Gasteiger partial charge >= 0.3 is 0 Å². The van der Waals surface area contributed by atoms with Crippen LogP contribution in [0.1, 0.15) is 17.7 Å². The number of aryl methyl sites for hydroxylation is 1. The number of nitrogens with zero attached hydrogens (tertiary/aromatic N) is 4. The van der Waals surface area contributed by atoms with E-state index in [9.17, 15) is 4.79 Å². The van der Waals surface area contributed by atoms with Gasteiger partial charge < -0.3 is 5.11 Å². The van der Waals surface area contributed by atoms with Gasteiger partial charge in [0.1, 0.15) is 0 Å². The summed E-state index contributed by atoms with van der Waals surface area (Å²) in [7, 11) is 0. The molecule has 0 unspecified atom stereocenters. The third kappa shape index (κ3) is 3.67. The average molecular weight is 383 g/mol. The number of hydrogen-bond donors (Lipinski definition) is 1. The summed E-state index contributed by atoms with van der Waals surface area (Å²) in [5.41, 5.74) is 2.06. The Kier molecular flexibility index (Phi) is 5.34. The van der Waals surface area contributed by atoms with Gasteiger partial charge in [0.05, 0.1) is 13.3 Å². The van der Waals surface area contributed by atoms with Crippen LogP contribution in [-0.2, 0) is 6.67 Å². The first kappa shape index (κ1) is 18.2. The van der Waals surface area contributed by atoms with E-state index in [1.165, 1.54) is 0 Å². The van der Waals surface area contributed by atoms with Gasteiger partial charge in [0.2, 0.25) is 5.95 Å². The highest BCUT2D eigenvalue weighted by atomic mass is 35.5. The topological polar surface area (TPSA) is 61.6 Å². The third-order valence-electron chi connectivity index (χ3n) is 4.33. The number of benzene rings is 1. The summed E-state index contributed by atoms with van der Waals surface area (Å²) in [6, 6.07) is 5.27. The molecule has 3 rings (SSSR count). The first-order valence-electron chi connectivity index (χ1n) is 8.05. The van der Waals surface area contributed by atoms with Crippen LogP contribution in [0, 0.1) is 13.8 Å². The summed E-state index contributed by atoms with van der Waals surface area (Å²) in [4.78, 5) is 21.4. The van der Waals surface area contributed by atoms with E-state index in [-0.39, 0.29) is 12.2 Å². The van der Waals surface area contributed by atoms with Crippen molar-refractivity contribution in [3.05, 3.63) is 49.9 Å². The highest BCUT2D eigenvalue weighted by Gasteiger charge is 2.27. The third-order valence-corrected chi connectivity index (χ3v) is 4.77. The van der Waals surface area contributed by atoms with E-state index in [0.717, 1.165) is 5.69 Å². The Hall–Kier alpha value is -1.60. The summed E-state index contributed by atoms with van der Waals surface area (Å²) >= 11 is 12.3. The highest BCUT2D eigenvalue weighted by Crippen LogP contribution is 2.32. The van der Waals surface area contributed by atoms with Crippen LogP contribution in [0.3, 0.4) is 0 Å². The fraction of sp³-hybridized carbons (Fsp3) is 0.412. The zero-order chi connectivity index (χ0) is 18.1. The number of halogens is 2. The number of aliphatic hydroxyl groups is 1. The van der Waals surface area contributed by atoms with Crippen LogP contribution >= 0.6 is 23.2 Å². The van der Waals surface area contributed by atoms with Crippen molar-refractivity contribution < 1.29 is 5.11 Å². The zero-order valence-corrected chi connectivity index (χ0v) is 15.7. The van der Waals surface area contributed by atoms with Crippen LogP contribution in [0.15, 0.2) is 23.0 Å². The summed E-state index contributed by atoms with van der Waals surface area (Å²) in [6.45, 7) is 5.36. The fourth-order valence-electron chi connectivity index (χ4n) is 2.91. The fourth-order valence-corrected chi connectivity index (χ4v) is 3.43. The molecule has 0 bridgehead atoms. The Balaban J connectivity index is 2.12. The molecule has 2 aromatic rings. The van der Waals surface area contributed by atoms with E-state index >= 15 is 0 Å². The van der Waals surface area contributed by atoms with Crippen LogP contribution in [0.4, 0.5) is 11.6 Å². The molecule has 2 heterocycles. The quantitative estimate of drug-likeness (QED) is 0.880. The molecule has 0 saturated heterocycles. The lowest BCUT2D eigenvalue weighted by atomic mass is 10.2. The molecule has 25 heavy (non-hydrogen) atoms. The molecule has 1 aromatic carbocycles. The summed E-state index contributed by atoms with van der Waals surface area (Å²) in [5.74, 6) is 0.576. The van der Waals surface area contributed by atoms with Gasteiger partial charge in [-0.2, -0.15) is 0 Å². The van der Waals surface area contributed by atoms with Gasteiger partial charge in [-0.05, 0) is 38.5 Å². The molecule has 1 aliphatic rings. The van der Waals surface area contributed by atoms with E-state index in [1.807, 2.05) is 11.8 Å². The highest BCUT2D eigenvalue weighted by molar-refractivity contribution is 6.35. The van der Waals surface area contributed by atoms with Crippen LogP contribution in [-0.4, -0.2) is 39.4 Å². The first-order chi connectivity index (χ1) is 11.9. The molecule has 1 N–H and O–H groups in total. The van der Waals surface area contributed by atoms with Gasteiger partial charge in [-0.3, -0.25) is 19.2 Å². The minimum Gasteiger partial charge on any atom is -0.396 e. The predicted molar refractivity (Wildman–Crippen MR) is 99.8 cm³/mol. The number of aliphatic hydroxyl groups excluding tert-OH is 1. The van der Waals surface area contributed by atoms with E-state index in [1.54, 1.807) is 29.7 Å². The summed E-state index contributed by atoms with van der Waals surface area (Å²) in [5, 5.41) is 10.2. The zero-order valence-electron chi connectivity index (χ0n) is 14.2. The Morgan fingerprint density at radius 1 is 1.16 bits per heavy atom. The van der Waals surface area contributed by atoms with Crippen LogP contribution in [0.25, 0.3) is 0 Å². The minimum atomic E-state index is -0.0608. The average Bonchev–Trinajstić information content (AvgIpc) is 2.57. The second-order valence-electron chi connectivity index (χ2n) is 6.17. The van der Waals surface area contributed by atoms with Crippen molar-refractivity contribution in [2.24, 2.45) is 0 Å². The van der Waals surface area contributed by atoms with Crippen molar-refractivity contribution in [2.45, 2.75) is 26.9 Å². The van der Waals surface area contributed by atoms with Gasteiger partial charge in [0, 0.05) is 40.1 Å². The maximum Gasteiger partial charge on any atom is 0.259 e. The Morgan fingerprint density at radius 3 is 2.48 bits per heavy atom. The number of aromatic nitrogens is 2. The van der Waals surface area contributed by atoms with E-state index in [2.05, 4.69) is 9.88 Å². The smallest absolute Gasteiger partial charge is 0.259 e. The van der Waals surface area contributed by atoms with Crippen LogP contribution in [0.5, 0.6) is 0 Å². The van der Waals surface area contributed by atoms with Crippen LogP contribution < -0.4 is 10.5 Å². The van der Waals surface area contributed by atoms with Gasteiger partial charge in [0.15, 0.2) is 0 Å². The SMILES string of the molecule is Cc1nc2n(c(=O)c1C)CN(CCCO)CN2c1cc(Cl)cc(Cl)c1. The molecule has 0 atom stereocenters. The lowest BCUT2D eigenvalue weighted by Crippen LogP contribution is -2.48. The maximum atomic E-state index is 12.7. The first-order valence-corrected chi connectivity index (χ1v) is 8.81. The molecule has 0 amide bonds. The van der Waals surface area contributed by atoms with Crippen molar-refractivity contribution >= 4 is 34.8 Å². The lowest BCUT2D eigenvalue weighted by Gasteiger charge is -2.38. The molecule has 6 nitrogen and oxygen atoms in total. The largest absolute Gasteiger partial charge is 0.396 e. The number of hydrogen-bond acceptors (Lipinski definition) is 5. The Labute approximate surface area is 156 Å². The van der Waals surface area contributed by atoms with Gasteiger partial charge in [0.25, 0.3) is 5.56 Å². The number of rotatable bonds is 4. The molecule has 0 fully saturated rings. The molecular weight excluding hydrogens is 363 g/mol. The van der Waals surface area contributed by atoms with E-state index in [0.29, 0.717) is 53.6 Å². The molecule has 8 heteroatoms. The molecule has 0 spiro atoms. The molecule has 0 saturated carbocycles. The Morgan fingerprint density at radius 2 is 1.84 bits per heavy atom. The minimum absolute atomic E-state index is 0.0608. The van der Waals surface area contributed by atoms with Crippen molar-refractivity contribution in [1.29, 1.82) is 0 Å². The lowest BCUT2D eigenvalue weighted by molar-refractivity contribution is 0.175. The van der Waals surface area contributed by atoms with Gasteiger partial charge in [-0.1, -0.05) is 23.2 Å². The van der Waals surface area contributed by atoms with Crippen molar-refractivity contribution in [3.63, 3.8) is 0 Å². The van der Waals surface area contributed by atoms with E-state index < -0.39 is 0 Å². The van der Waals surface area contributed by atoms with Crippen molar-refractivity contribution in [1.82, 2.24) is 14.5 Å². The number of fused-ring (bicyclic) bond motifs is 1. The molecule has 1 aromatic heterocycles. The van der Waals surface area contributed by atoms with E-state index in [4.69, 9.17) is 28.3 Å². The molecular formula is C17H20Cl2N4O2. The standard InChI is InChI=1S/C17H20Cl2N4O2/c1-11-12(2)20-17-22(15-7-13(18)6-14(19)8-15)9-21(4-3-5-24)10-23(17)16(11)25/h6-8,24H,3-5,9-10H2,1-2H3. The second kappa shape index (κ2) is 7.33. The second-order valence-corrected chi connectivity index (χ2v) is 7.04. The predicted octanol–water partition coefficient (Wildman–Crippen LogP) is 2.92. The Bertz CT molecular complexity index is 833. The maximum absolute atomic E-state index is 12.7. The summed E-state index contributed by atoms with van der Waals surface area (Å²) in [6.07, 6.45) is 0.631. The van der Waals surface area contributed by atoms with Gasteiger partial charge in [-0.15, -0.1) is 0 Å². The normalized spacial score (nSPS) is 14.7. The molecule has 0 aliphatic carbocycles. The summed E-state index contributed by atoms with van der Waals surface area (Å²) < 4.78 is 1.65. The molecule has 1 aliphatic heterocycles. The number of anilines is 2. The van der Waals surface area contributed by atoms with Crippen molar-refractivity contribution in [3.8, 4) is 0 Å².